The molecule has 0 aliphatic rings. The smallest absolute Gasteiger partial charge is 0.136 e. The van der Waals surface area contributed by atoms with Gasteiger partial charge in [0, 0.05) is 19.4 Å². The van der Waals surface area contributed by atoms with Crippen LogP contribution in [0.15, 0.2) is 0 Å². The van der Waals surface area contributed by atoms with Gasteiger partial charge in [0.15, 0.2) is 0 Å². The number of ether oxygens (including phenoxy) is 1. The van der Waals surface area contributed by atoms with E-state index in [4.69, 9.17) is 4.74 Å². The van der Waals surface area contributed by atoms with Crippen molar-refractivity contribution in [1.29, 1.82) is 0 Å². The Kier molecular flexibility index (Phi) is 7.69. The van der Waals surface area contributed by atoms with Gasteiger partial charge in [0.1, 0.15) is 5.78 Å². The predicted molar refractivity (Wildman–Crippen MR) is 73.1 cm³/mol. The predicted octanol–water partition coefficient (Wildman–Crippen LogP) is 4.08. The Morgan fingerprint density at radius 2 is 1.88 bits per heavy atom. The van der Waals surface area contributed by atoms with Crippen molar-refractivity contribution in [1.82, 2.24) is 0 Å². The zero-order chi connectivity index (χ0) is 13.5. The number of carbonyl (C=O) groups is 1. The SMILES string of the molecule is CCCC(C(=O)CCC(C)(C)COC)C(C)C. The fourth-order valence-corrected chi connectivity index (χ4v) is 2.29. The Morgan fingerprint density at radius 1 is 1.29 bits per heavy atom. The summed E-state index contributed by atoms with van der Waals surface area (Å²) < 4.78 is 5.18. The van der Waals surface area contributed by atoms with Crippen molar-refractivity contribution in [3.8, 4) is 0 Å². The van der Waals surface area contributed by atoms with E-state index in [2.05, 4.69) is 34.6 Å². The summed E-state index contributed by atoms with van der Waals surface area (Å²) in [5, 5.41) is 0. The van der Waals surface area contributed by atoms with E-state index in [0.717, 1.165) is 25.9 Å². The monoisotopic (exact) mass is 242 g/mol. The van der Waals surface area contributed by atoms with Crippen LogP contribution in [0.4, 0.5) is 0 Å². The minimum absolute atomic E-state index is 0.109. The first-order chi connectivity index (χ1) is 7.84. The first-order valence-electron chi connectivity index (χ1n) is 6.85. The molecule has 0 aliphatic heterocycles. The van der Waals surface area contributed by atoms with E-state index in [1.807, 2.05) is 0 Å². The van der Waals surface area contributed by atoms with Crippen molar-refractivity contribution >= 4 is 5.78 Å². The summed E-state index contributed by atoms with van der Waals surface area (Å²) in [5.41, 5.74) is 0.109. The van der Waals surface area contributed by atoms with Gasteiger partial charge in [-0.1, -0.05) is 41.0 Å². The van der Waals surface area contributed by atoms with E-state index in [9.17, 15) is 4.79 Å². The molecule has 0 aromatic heterocycles. The third-order valence-electron chi connectivity index (χ3n) is 3.40. The summed E-state index contributed by atoms with van der Waals surface area (Å²) in [6, 6.07) is 0. The molecule has 1 atom stereocenters. The number of rotatable bonds is 9. The van der Waals surface area contributed by atoms with Gasteiger partial charge in [0.05, 0.1) is 6.61 Å². The van der Waals surface area contributed by atoms with Crippen molar-refractivity contribution in [2.24, 2.45) is 17.3 Å². The summed E-state index contributed by atoms with van der Waals surface area (Å²) >= 11 is 0. The highest BCUT2D eigenvalue weighted by atomic mass is 16.5. The number of hydrogen-bond acceptors (Lipinski definition) is 2. The van der Waals surface area contributed by atoms with E-state index in [0.29, 0.717) is 18.1 Å². The van der Waals surface area contributed by atoms with Crippen LogP contribution in [0.1, 0.15) is 60.3 Å². The first kappa shape index (κ1) is 16.6. The zero-order valence-corrected chi connectivity index (χ0v) is 12.5. The standard InChI is InChI=1S/C15H30O2/c1-7-8-13(12(2)3)14(16)9-10-15(4,5)11-17-6/h12-13H,7-11H2,1-6H3. The van der Waals surface area contributed by atoms with Gasteiger partial charge in [-0.15, -0.1) is 0 Å². The van der Waals surface area contributed by atoms with Gasteiger partial charge in [0.2, 0.25) is 0 Å². The van der Waals surface area contributed by atoms with Crippen molar-refractivity contribution in [3.05, 3.63) is 0 Å². The Balaban J connectivity index is 4.22. The van der Waals surface area contributed by atoms with Crippen LogP contribution in [-0.2, 0) is 9.53 Å². The highest BCUT2D eigenvalue weighted by Gasteiger charge is 2.24. The average molecular weight is 242 g/mol. The number of methoxy groups -OCH3 is 1. The van der Waals surface area contributed by atoms with Crippen LogP contribution in [0.2, 0.25) is 0 Å². The molecular weight excluding hydrogens is 212 g/mol. The van der Waals surface area contributed by atoms with Crippen LogP contribution in [0, 0.1) is 17.3 Å². The van der Waals surface area contributed by atoms with Crippen LogP contribution in [-0.4, -0.2) is 19.5 Å². The van der Waals surface area contributed by atoms with Crippen molar-refractivity contribution < 1.29 is 9.53 Å². The molecule has 0 spiro atoms. The van der Waals surface area contributed by atoms with E-state index in [1.165, 1.54) is 0 Å². The summed E-state index contributed by atoms with van der Waals surface area (Å²) in [6.07, 6.45) is 3.74. The number of carbonyl (C=O) groups excluding carboxylic acids is 1. The summed E-state index contributed by atoms with van der Waals surface area (Å²) in [4.78, 5) is 12.2. The molecule has 0 aliphatic carbocycles. The van der Waals surface area contributed by atoms with Gasteiger partial charge in [-0.25, -0.2) is 0 Å². The minimum atomic E-state index is 0.109. The molecule has 2 heteroatoms. The second-order valence-corrected chi connectivity index (χ2v) is 6.20. The molecule has 0 radical (unpaired) electrons. The highest BCUT2D eigenvalue weighted by Crippen LogP contribution is 2.26. The fourth-order valence-electron chi connectivity index (χ4n) is 2.29. The molecule has 2 nitrogen and oxygen atoms in total. The van der Waals surface area contributed by atoms with Crippen LogP contribution in [0.25, 0.3) is 0 Å². The number of hydrogen-bond donors (Lipinski definition) is 0. The lowest BCUT2D eigenvalue weighted by Gasteiger charge is -2.25. The molecule has 0 amide bonds. The summed E-state index contributed by atoms with van der Waals surface area (Å²) in [7, 11) is 1.72. The van der Waals surface area contributed by atoms with E-state index < -0.39 is 0 Å². The quantitative estimate of drug-likeness (QED) is 0.609. The second-order valence-electron chi connectivity index (χ2n) is 6.20. The highest BCUT2D eigenvalue weighted by molar-refractivity contribution is 5.81. The molecule has 17 heavy (non-hydrogen) atoms. The van der Waals surface area contributed by atoms with Crippen LogP contribution >= 0.6 is 0 Å². The lowest BCUT2D eigenvalue weighted by Crippen LogP contribution is -2.24. The molecule has 0 fully saturated rings. The first-order valence-corrected chi connectivity index (χ1v) is 6.85. The van der Waals surface area contributed by atoms with E-state index in [1.54, 1.807) is 7.11 Å². The Morgan fingerprint density at radius 3 is 2.29 bits per heavy atom. The van der Waals surface area contributed by atoms with Gasteiger partial charge in [-0.2, -0.15) is 0 Å². The molecule has 0 saturated carbocycles. The van der Waals surface area contributed by atoms with Gasteiger partial charge < -0.3 is 4.74 Å². The molecule has 0 heterocycles. The molecule has 1 unspecified atom stereocenters. The van der Waals surface area contributed by atoms with Crippen molar-refractivity contribution in [3.63, 3.8) is 0 Å². The number of Topliss-reactive ketones (excluding diaryl/α,β-unsaturated/α-hetero) is 1. The van der Waals surface area contributed by atoms with E-state index >= 15 is 0 Å². The third kappa shape index (κ3) is 6.82. The maximum absolute atomic E-state index is 12.2. The van der Waals surface area contributed by atoms with Crippen molar-refractivity contribution in [2.75, 3.05) is 13.7 Å². The Labute approximate surface area is 107 Å². The van der Waals surface area contributed by atoms with Gasteiger partial charge in [-0.3, -0.25) is 4.79 Å². The maximum atomic E-state index is 12.2. The zero-order valence-electron chi connectivity index (χ0n) is 12.5. The van der Waals surface area contributed by atoms with Crippen molar-refractivity contribution in [2.45, 2.75) is 60.3 Å². The fraction of sp³-hybridized carbons (Fsp3) is 0.933. The Bertz CT molecular complexity index is 219. The summed E-state index contributed by atoms with van der Waals surface area (Å²) in [5.74, 6) is 1.15. The molecule has 0 aromatic rings. The Hall–Kier alpha value is -0.370. The van der Waals surface area contributed by atoms with Crippen LogP contribution < -0.4 is 0 Å². The third-order valence-corrected chi connectivity index (χ3v) is 3.40. The van der Waals surface area contributed by atoms with Crippen LogP contribution in [0.3, 0.4) is 0 Å². The molecular formula is C15H30O2. The average Bonchev–Trinajstić information content (AvgIpc) is 2.22. The van der Waals surface area contributed by atoms with Gasteiger partial charge in [-0.05, 0) is 24.2 Å². The summed E-state index contributed by atoms with van der Waals surface area (Å²) in [6.45, 7) is 11.5. The lowest BCUT2D eigenvalue weighted by molar-refractivity contribution is -0.125. The molecule has 0 bridgehead atoms. The molecule has 0 saturated heterocycles. The second kappa shape index (κ2) is 7.86. The largest absolute Gasteiger partial charge is 0.384 e. The minimum Gasteiger partial charge on any atom is -0.384 e. The van der Waals surface area contributed by atoms with Crippen LogP contribution in [0.5, 0.6) is 0 Å². The van der Waals surface area contributed by atoms with Gasteiger partial charge in [0.25, 0.3) is 0 Å². The lowest BCUT2D eigenvalue weighted by atomic mass is 9.81. The normalized spacial score (nSPS) is 14.1. The maximum Gasteiger partial charge on any atom is 0.136 e. The van der Waals surface area contributed by atoms with Gasteiger partial charge >= 0.3 is 0 Å². The topological polar surface area (TPSA) is 26.3 Å². The molecule has 0 rings (SSSR count). The number of ketones is 1. The molecule has 102 valence electrons. The molecule has 0 aromatic carbocycles. The van der Waals surface area contributed by atoms with E-state index in [-0.39, 0.29) is 11.3 Å². The molecule has 0 N–H and O–H groups in total.